The number of aromatic nitrogens is 2. The molecule has 13 heavy (non-hydrogen) atoms. The Morgan fingerprint density at radius 3 is 1.46 bits per heavy atom. The average Bonchev–Trinajstić information content (AvgIpc) is 2.21. The molecule has 0 aromatic carbocycles. The maximum atomic E-state index is 4.19. The summed E-state index contributed by atoms with van der Waals surface area (Å²) >= 11 is 0. The van der Waals surface area contributed by atoms with Crippen LogP contribution in [0.4, 0.5) is 0 Å². The van der Waals surface area contributed by atoms with Crippen LogP contribution in [0.5, 0.6) is 0 Å². The van der Waals surface area contributed by atoms with Gasteiger partial charge in [-0.1, -0.05) is 12.1 Å². The Morgan fingerprint density at radius 1 is 0.692 bits per heavy atom. The quantitative estimate of drug-likeness (QED) is 0.789. The van der Waals surface area contributed by atoms with E-state index in [1.165, 1.54) is 0 Å². The number of hydrogen-bond acceptors (Lipinski definition) is 2. The van der Waals surface area contributed by atoms with Gasteiger partial charge in [0.25, 0.3) is 0 Å². The molecule has 0 radical (unpaired) electrons. The molecule has 2 heterocycles. The van der Waals surface area contributed by atoms with Gasteiger partial charge in [-0.15, -0.1) is 0 Å². The van der Waals surface area contributed by atoms with Crippen LogP contribution in [0.3, 0.4) is 0 Å². The molecule has 2 rings (SSSR count). The predicted octanol–water partition coefficient (Wildman–Crippen LogP) is 2.14. The first-order valence-electron chi connectivity index (χ1n) is 3.79. The number of nitrogens with zero attached hydrogens (tertiary/aromatic N) is 2. The van der Waals surface area contributed by atoms with Crippen molar-refractivity contribution in [3.63, 3.8) is 0 Å². The van der Waals surface area contributed by atoms with E-state index in [1.807, 2.05) is 36.4 Å². The van der Waals surface area contributed by atoms with Gasteiger partial charge in [-0.2, -0.15) is 0 Å². The summed E-state index contributed by atoms with van der Waals surface area (Å²) in [6, 6.07) is 11.6. The Kier molecular flexibility index (Phi) is 3.74. The maximum absolute atomic E-state index is 4.19. The molecule has 0 aliphatic heterocycles. The predicted molar refractivity (Wildman–Crippen MR) is 47.5 cm³/mol. The Labute approximate surface area is 90.4 Å². The number of hydrogen-bond donors (Lipinski definition) is 0. The van der Waals surface area contributed by atoms with Crippen LogP contribution >= 0.6 is 0 Å². The van der Waals surface area contributed by atoms with Crippen molar-refractivity contribution in [3.8, 4) is 11.4 Å². The fourth-order valence-electron chi connectivity index (χ4n) is 1.03. The van der Waals surface area contributed by atoms with Crippen LogP contribution in [0.1, 0.15) is 0 Å². The molecule has 0 bridgehead atoms. The molecule has 0 spiro atoms. The van der Waals surface area contributed by atoms with E-state index < -0.39 is 0 Å². The van der Waals surface area contributed by atoms with Crippen LogP contribution < -0.4 is 0 Å². The van der Waals surface area contributed by atoms with Gasteiger partial charge in [-0.3, -0.25) is 9.97 Å². The van der Waals surface area contributed by atoms with Crippen molar-refractivity contribution < 1.29 is 20.1 Å². The van der Waals surface area contributed by atoms with E-state index in [0.29, 0.717) is 0 Å². The molecular formula is C10H8IrN2+3. The SMILES string of the molecule is [Ir+3].c1ccc(-c2ccccn2)nc1. The third-order valence-electron chi connectivity index (χ3n) is 1.59. The monoisotopic (exact) mass is 349 g/mol. The Morgan fingerprint density at radius 2 is 1.15 bits per heavy atom. The van der Waals surface area contributed by atoms with E-state index >= 15 is 0 Å². The van der Waals surface area contributed by atoms with Crippen molar-refractivity contribution in [2.45, 2.75) is 0 Å². The molecule has 0 fully saturated rings. The molecule has 0 saturated heterocycles. The summed E-state index contributed by atoms with van der Waals surface area (Å²) in [5.41, 5.74) is 1.83. The molecule has 3 heteroatoms. The van der Waals surface area contributed by atoms with Crippen molar-refractivity contribution >= 4 is 0 Å². The first-order chi connectivity index (χ1) is 5.97. The molecule has 2 aromatic heterocycles. The molecule has 0 amide bonds. The second-order valence-corrected chi connectivity index (χ2v) is 2.43. The van der Waals surface area contributed by atoms with E-state index in [4.69, 9.17) is 0 Å². The Balaban J connectivity index is 0.000000845. The van der Waals surface area contributed by atoms with Gasteiger partial charge in [0, 0.05) is 12.4 Å². The zero-order chi connectivity index (χ0) is 8.23. The third kappa shape index (κ3) is 2.44. The van der Waals surface area contributed by atoms with Crippen molar-refractivity contribution in [1.82, 2.24) is 9.97 Å². The first-order valence-corrected chi connectivity index (χ1v) is 3.79. The summed E-state index contributed by atoms with van der Waals surface area (Å²) in [7, 11) is 0. The average molecular weight is 348 g/mol. The maximum Gasteiger partial charge on any atom is 3.00 e. The Hall–Kier alpha value is -1.05. The van der Waals surface area contributed by atoms with E-state index in [2.05, 4.69) is 9.97 Å². The van der Waals surface area contributed by atoms with Gasteiger partial charge in [0.15, 0.2) is 0 Å². The third-order valence-corrected chi connectivity index (χ3v) is 1.59. The van der Waals surface area contributed by atoms with E-state index in [9.17, 15) is 0 Å². The Bertz CT molecular complexity index is 310. The van der Waals surface area contributed by atoms with E-state index in [0.717, 1.165) is 11.4 Å². The van der Waals surface area contributed by atoms with E-state index in [1.54, 1.807) is 12.4 Å². The zero-order valence-electron chi connectivity index (χ0n) is 6.85. The van der Waals surface area contributed by atoms with Crippen LogP contribution in [-0.4, -0.2) is 9.97 Å². The molecule has 2 nitrogen and oxygen atoms in total. The second kappa shape index (κ2) is 4.85. The molecule has 0 unspecified atom stereocenters. The fraction of sp³-hybridized carbons (Fsp3) is 0. The van der Waals surface area contributed by atoms with Gasteiger partial charge in [-0.05, 0) is 24.3 Å². The molecule has 0 atom stereocenters. The molecular weight excluding hydrogens is 340 g/mol. The van der Waals surface area contributed by atoms with Crippen LogP contribution in [0.25, 0.3) is 11.4 Å². The summed E-state index contributed by atoms with van der Waals surface area (Å²) in [4.78, 5) is 8.37. The summed E-state index contributed by atoms with van der Waals surface area (Å²) in [6.45, 7) is 0. The van der Waals surface area contributed by atoms with Crippen molar-refractivity contribution in [1.29, 1.82) is 0 Å². The van der Waals surface area contributed by atoms with Gasteiger partial charge >= 0.3 is 20.1 Å². The molecule has 64 valence electrons. The first kappa shape index (κ1) is 10.0. The van der Waals surface area contributed by atoms with Gasteiger partial charge in [-0.25, -0.2) is 0 Å². The smallest absolute Gasteiger partial charge is 0.255 e. The van der Waals surface area contributed by atoms with Crippen LogP contribution in [-0.2, 0) is 20.1 Å². The summed E-state index contributed by atoms with van der Waals surface area (Å²) < 4.78 is 0. The molecule has 0 aliphatic rings. The normalized spacial score (nSPS) is 8.92. The summed E-state index contributed by atoms with van der Waals surface area (Å²) in [6.07, 6.45) is 3.54. The van der Waals surface area contributed by atoms with Gasteiger partial charge in [0.1, 0.15) is 0 Å². The minimum absolute atomic E-state index is 0. The minimum Gasteiger partial charge on any atom is -0.255 e. The van der Waals surface area contributed by atoms with Crippen LogP contribution in [0.15, 0.2) is 48.8 Å². The standard InChI is InChI=1S/C10H8N2.Ir/c1-3-7-11-9(5-1)10-6-2-4-8-12-10;/h1-8H;/q;+3. The van der Waals surface area contributed by atoms with Crippen molar-refractivity contribution in [2.75, 3.05) is 0 Å². The number of rotatable bonds is 1. The molecule has 0 N–H and O–H groups in total. The largest absolute Gasteiger partial charge is 3.00 e. The van der Waals surface area contributed by atoms with Gasteiger partial charge in [0.05, 0.1) is 11.4 Å². The van der Waals surface area contributed by atoms with Crippen molar-refractivity contribution in [2.24, 2.45) is 0 Å². The zero-order valence-corrected chi connectivity index (χ0v) is 9.24. The summed E-state index contributed by atoms with van der Waals surface area (Å²) in [5.74, 6) is 0. The second-order valence-electron chi connectivity index (χ2n) is 2.43. The summed E-state index contributed by atoms with van der Waals surface area (Å²) in [5, 5.41) is 0. The fourth-order valence-corrected chi connectivity index (χ4v) is 1.03. The van der Waals surface area contributed by atoms with Gasteiger partial charge in [0.2, 0.25) is 0 Å². The number of pyridine rings is 2. The van der Waals surface area contributed by atoms with Crippen LogP contribution in [0, 0.1) is 0 Å². The van der Waals surface area contributed by atoms with Crippen molar-refractivity contribution in [3.05, 3.63) is 48.8 Å². The van der Waals surface area contributed by atoms with Gasteiger partial charge < -0.3 is 0 Å². The van der Waals surface area contributed by atoms with E-state index in [-0.39, 0.29) is 20.1 Å². The molecule has 0 saturated carbocycles. The molecule has 0 aliphatic carbocycles. The molecule has 2 aromatic rings. The minimum atomic E-state index is 0. The topological polar surface area (TPSA) is 25.8 Å². The van der Waals surface area contributed by atoms with Crippen LogP contribution in [0.2, 0.25) is 0 Å².